The van der Waals surface area contributed by atoms with Crippen molar-refractivity contribution in [3.05, 3.63) is 0 Å². The maximum atomic E-state index is 12.0. The SMILES string of the molecule is CC(=O)N[C@H]1[C@H]([C@H](OC(C)=O)[C@@H](COC(C)=O)OC(C)=O)O[C@](OC(C)=O)(C(=O)O)C[C@@H]1O. The summed E-state index contributed by atoms with van der Waals surface area (Å²) in [5.41, 5.74) is 0. The number of amides is 1. The van der Waals surface area contributed by atoms with Gasteiger partial charge < -0.3 is 39.2 Å². The summed E-state index contributed by atoms with van der Waals surface area (Å²) in [4.78, 5) is 70.1. The summed E-state index contributed by atoms with van der Waals surface area (Å²) >= 11 is 0. The fourth-order valence-corrected chi connectivity index (χ4v) is 3.28. The third-order valence-electron chi connectivity index (χ3n) is 4.34. The van der Waals surface area contributed by atoms with Crippen LogP contribution in [0.4, 0.5) is 0 Å². The van der Waals surface area contributed by atoms with Crippen molar-refractivity contribution in [2.45, 2.75) is 77.3 Å². The van der Waals surface area contributed by atoms with E-state index in [9.17, 15) is 39.0 Å². The molecule has 1 fully saturated rings. The Kier molecular flexibility index (Phi) is 9.73. The molecule has 33 heavy (non-hydrogen) atoms. The first kappa shape index (κ1) is 27.8. The van der Waals surface area contributed by atoms with Gasteiger partial charge in [0.05, 0.1) is 18.6 Å². The molecule has 0 bridgehead atoms. The molecule has 0 spiro atoms. The molecule has 0 aliphatic carbocycles. The molecule has 0 saturated carbocycles. The molecular formula is C19H27NO13. The van der Waals surface area contributed by atoms with E-state index in [0.717, 1.165) is 34.6 Å². The average Bonchev–Trinajstić information content (AvgIpc) is 2.64. The van der Waals surface area contributed by atoms with E-state index < -0.39 is 85.0 Å². The van der Waals surface area contributed by atoms with Gasteiger partial charge in [-0.1, -0.05) is 0 Å². The van der Waals surface area contributed by atoms with E-state index in [4.69, 9.17) is 23.7 Å². The highest BCUT2D eigenvalue weighted by atomic mass is 16.7. The Balaban J connectivity index is 3.59. The minimum Gasteiger partial charge on any atom is -0.476 e. The number of nitrogens with one attached hydrogen (secondary N) is 1. The molecule has 14 nitrogen and oxygen atoms in total. The number of hydrogen-bond acceptors (Lipinski definition) is 12. The number of carbonyl (C=O) groups excluding carboxylic acids is 5. The number of esters is 4. The molecule has 1 amide bonds. The van der Waals surface area contributed by atoms with Crippen LogP contribution >= 0.6 is 0 Å². The van der Waals surface area contributed by atoms with E-state index in [1.165, 1.54) is 0 Å². The second-order valence-corrected chi connectivity index (χ2v) is 7.26. The monoisotopic (exact) mass is 477 g/mol. The molecule has 186 valence electrons. The molecule has 0 aromatic rings. The number of rotatable bonds is 9. The maximum absolute atomic E-state index is 12.0. The molecular weight excluding hydrogens is 450 g/mol. The average molecular weight is 477 g/mol. The highest BCUT2D eigenvalue weighted by Gasteiger charge is 2.58. The first-order valence-electron chi connectivity index (χ1n) is 9.72. The Morgan fingerprint density at radius 2 is 1.55 bits per heavy atom. The van der Waals surface area contributed by atoms with Gasteiger partial charge in [-0.05, 0) is 0 Å². The molecule has 3 N–H and O–H groups in total. The highest BCUT2D eigenvalue weighted by Crippen LogP contribution is 2.35. The summed E-state index contributed by atoms with van der Waals surface area (Å²) < 4.78 is 25.5. The number of carboxylic acids is 1. The van der Waals surface area contributed by atoms with E-state index in [0.29, 0.717) is 0 Å². The van der Waals surface area contributed by atoms with Crippen LogP contribution in [0, 0.1) is 0 Å². The van der Waals surface area contributed by atoms with Crippen LogP contribution in [0.15, 0.2) is 0 Å². The number of carbonyl (C=O) groups is 6. The van der Waals surface area contributed by atoms with Crippen LogP contribution in [0.25, 0.3) is 0 Å². The molecule has 0 aromatic carbocycles. The van der Waals surface area contributed by atoms with E-state index in [1.807, 2.05) is 0 Å². The number of ether oxygens (including phenoxy) is 5. The number of aliphatic hydroxyl groups is 1. The van der Waals surface area contributed by atoms with Crippen molar-refractivity contribution in [1.82, 2.24) is 5.32 Å². The first-order valence-corrected chi connectivity index (χ1v) is 9.72. The molecule has 1 saturated heterocycles. The molecule has 1 heterocycles. The Hall–Kier alpha value is -3.26. The molecule has 0 unspecified atom stereocenters. The van der Waals surface area contributed by atoms with Crippen LogP contribution in [0.3, 0.4) is 0 Å². The van der Waals surface area contributed by atoms with E-state index >= 15 is 0 Å². The lowest BCUT2D eigenvalue weighted by Gasteiger charge is -2.46. The summed E-state index contributed by atoms with van der Waals surface area (Å²) in [5, 5.41) is 22.7. The van der Waals surface area contributed by atoms with Gasteiger partial charge in [0, 0.05) is 34.6 Å². The van der Waals surface area contributed by atoms with Crippen molar-refractivity contribution in [2.24, 2.45) is 0 Å². The quantitative estimate of drug-likeness (QED) is 0.254. The van der Waals surface area contributed by atoms with Crippen molar-refractivity contribution >= 4 is 35.8 Å². The maximum Gasteiger partial charge on any atom is 0.377 e. The number of aliphatic carboxylic acids is 1. The smallest absolute Gasteiger partial charge is 0.377 e. The van der Waals surface area contributed by atoms with Gasteiger partial charge in [-0.25, -0.2) is 4.79 Å². The van der Waals surface area contributed by atoms with E-state index in [1.54, 1.807) is 0 Å². The van der Waals surface area contributed by atoms with Gasteiger partial charge >= 0.3 is 35.6 Å². The molecule has 0 aromatic heterocycles. The van der Waals surface area contributed by atoms with Crippen LogP contribution in [0.2, 0.25) is 0 Å². The molecule has 1 aliphatic heterocycles. The zero-order chi connectivity index (χ0) is 25.5. The van der Waals surface area contributed by atoms with Gasteiger partial charge in [-0.15, -0.1) is 0 Å². The Bertz CT molecular complexity index is 797. The zero-order valence-corrected chi connectivity index (χ0v) is 18.7. The van der Waals surface area contributed by atoms with Crippen molar-refractivity contribution in [1.29, 1.82) is 0 Å². The van der Waals surface area contributed by atoms with Crippen molar-refractivity contribution in [3.8, 4) is 0 Å². The van der Waals surface area contributed by atoms with Gasteiger partial charge in [-0.2, -0.15) is 0 Å². The Morgan fingerprint density at radius 1 is 0.970 bits per heavy atom. The lowest BCUT2D eigenvalue weighted by molar-refractivity contribution is -0.302. The first-order chi connectivity index (χ1) is 15.2. The van der Waals surface area contributed by atoms with Crippen LogP contribution in [0.1, 0.15) is 41.0 Å². The lowest BCUT2D eigenvalue weighted by Crippen LogP contribution is -2.68. The minimum atomic E-state index is -2.73. The Morgan fingerprint density at radius 3 is 1.97 bits per heavy atom. The molecule has 14 heteroatoms. The summed E-state index contributed by atoms with van der Waals surface area (Å²) in [7, 11) is 0. The van der Waals surface area contributed by atoms with Crippen LogP contribution in [-0.2, 0) is 52.5 Å². The largest absolute Gasteiger partial charge is 0.476 e. The number of aliphatic hydroxyl groups excluding tert-OH is 1. The molecule has 1 aliphatic rings. The number of carboxylic acid groups (broad SMARTS) is 1. The van der Waals surface area contributed by atoms with Crippen LogP contribution < -0.4 is 5.32 Å². The van der Waals surface area contributed by atoms with Gasteiger partial charge in [0.25, 0.3) is 0 Å². The van der Waals surface area contributed by atoms with Crippen molar-refractivity contribution in [3.63, 3.8) is 0 Å². The topological polar surface area (TPSA) is 201 Å². The summed E-state index contributed by atoms with van der Waals surface area (Å²) in [6.45, 7) is 4.40. The minimum absolute atomic E-state index is 0.650. The fraction of sp³-hybridized carbons (Fsp3) is 0.684. The molecule has 6 atom stereocenters. The standard InChI is InChI=1S/C19H27NO13/c1-8(21)20-15-13(26)6-19(18(27)28,32-12(5)25)33-17(15)16(31-11(4)24)14(30-10(3)23)7-29-9(2)22/h13-17,26H,6-7H2,1-5H3,(H,20,21)(H,27,28)/t13-,14+,15+,16+,17+,19-/m0/s1. The van der Waals surface area contributed by atoms with E-state index in [2.05, 4.69) is 5.32 Å². The predicted octanol–water partition coefficient (Wildman–Crippen LogP) is -1.59. The van der Waals surface area contributed by atoms with Gasteiger partial charge in [0.2, 0.25) is 5.91 Å². The predicted molar refractivity (Wildman–Crippen MR) is 103 cm³/mol. The lowest BCUT2D eigenvalue weighted by atomic mass is 9.88. The summed E-state index contributed by atoms with van der Waals surface area (Å²) in [6, 6.07) is -1.41. The molecule has 1 rings (SSSR count). The third-order valence-corrected chi connectivity index (χ3v) is 4.34. The normalized spacial score (nSPS) is 26.2. The van der Waals surface area contributed by atoms with Gasteiger partial charge in [-0.3, -0.25) is 24.0 Å². The second-order valence-electron chi connectivity index (χ2n) is 7.26. The van der Waals surface area contributed by atoms with Crippen LogP contribution in [-0.4, -0.2) is 88.8 Å². The second kappa shape index (κ2) is 11.6. The van der Waals surface area contributed by atoms with Gasteiger partial charge in [0.15, 0.2) is 12.2 Å². The van der Waals surface area contributed by atoms with Gasteiger partial charge in [0.1, 0.15) is 12.7 Å². The fourth-order valence-electron chi connectivity index (χ4n) is 3.28. The van der Waals surface area contributed by atoms with Crippen LogP contribution in [0.5, 0.6) is 0 Å². The van der Waals surface area contributed by atoms with E-state index in [-0.39, 0.29) is 0 Å². The molecule has 0 radical (unpaired) electrons. The number of hydrogen-bond donors (Lipinski definition) is 3. The summed E-state index contributed by atoms with van der Waals surface area (Å²) in [5.74, 6) is -8.88. The van der Waals surface area contributed by atoms with Crippen molar-refractivity contribution < 1.29 is 62.7 Å². The van der Waals surface area contributed by atoms with Crippen molar-refractivity contribution in [2.75, 3.05) is 6.61 Å². The highest BCUT2D eigenvalue weighted by molar-refractivity contribution is 5.80. The summed E-state index contributed by atoms with van der Waals surface area (Å²) in [6.07, 6.45) is -7.49. The zero-order valence-electron chi connectivity index (χ0n) is 18.7. The Labute approximate surface area is 188 Å². The third kappa shape index (κ3) is 7.98.